The Morgan fingerprint density at radius 2 is 0.857 bits per heavy atom. The van der Waals surface area contributed by atoms with Crippen LogP contribution in [0.5, 0.6) is 0 Å². The summed E-state index contributed by atoms with van der Waals surface area (Å²) in [6.07, 6.45) is 7.25. The molecule has 0 amide bonds. The molecule has 0 fully saturated rings. The molecule has 2 atom stereocenters. The zero-order chi connectivity index (χ0) is 23.8. The second kappa shape index (κ2) is 8.98. The predicted octanol–water partition coefficient (Wildman–Crippen LogP) is 8.62. The van der Waals surface area contributed by atoms with Gasteiger partial charge in [0.25, 0.3) is 0 Å². The van der Waals surface area contributed by atoms with Gasteiger partial charge in [-0.05, 0) is 46.2 Å². The van der Waals surface area contributed by atoms with E-state index in [0.29, 0.717) is 11.8 Å². The normalized spacial score (nSPS) is 18.6. The highest BCUT2D eigenvalue weighted by atomic mass is 28.3. The van der Waals surface area contributed by atoms with Gasteiger partial charge < -0.3 is 0 Å². The molecular weight excluding hydrogens is 436 g/mol. The van der Waals surface area contributed by atoms with E-state index in [0.717, 1.165) is 12.8 Å². The fraction of sp³-hybridized carbons (Fsp3) is 0.176. The molecule has 4 aromatic rings. The Labute approximate surface area is 210 Å². The largest absolute Gasteiger partial charge is 0.104 e. The van der Waals surface area contributed by atoms with Crippen molar-refractivity contribution in [3.05, 3.63) is 153 Å². The third kappa shape index (κ3) is 4.04. The summed E-state index contributed by atoms with van der Waals surface area (Å²) in [6.45, 7) is 5.19. The van der Waals surface area contributed by atoms with Crippen molar-refractivity contribution < 1.29 is 0 Å². The average Bonchev–Trinajstić information content (AvgIpc) is 3.45. The fourth-order valence-electron chi connectivity index (χ4n) is 6.33. The molecule has 2 unspecified atom stereocenters. The summed E-state index contributed by atoms with van der Waals surface area (Å²) >= 11 is 0. The van der Waals surface area contributed by atoms with Crippen LogP contribution in [0.3, 0.4) is 0 Å². The first-order chi connectivity index (χ1) is 17.1. The lowest BCUT2D eigenvalue weighted by Gasteiger charge is -2.35. The smallest absolute Gasteiger partial charge is 0.0681 e. The van der Waals surface area contributed by atoms with E-state index < -0.39 is 8.07 Å². The second-order valence-electron chi connectivity index (χ2n) is 10.6. The first-order valence-corrected chi connectivity index (χ1v) is 15.8. The van der Waals surface area contributed by atoms with Gasteiger partial charge in [0.15, 0.2) is 0 Å². The molecule has 1 heteroatoms. The minimum absolute atomic E-state index is 0.456. The van der Waals surface area contributed by atoms with Crippen molar-refractivity contribution >= 4 is 20.2 Å². The average molecular weight is 469 g/mol. The van der Waals surface area contributed by atoms with Crippen LogP contribution >= 0.6 is 0 Å². The molecule has 2 aliphatic carbocycles. The van der Waals surface area contributed by atoms with Gasteiger partial charge in [0.05, 0.1) is 0 Å². The monoisotopic (exact) mass is 468 g/mol. The molecule has 0 bridgehead atoms. The quantitative estimate of drug-likeness (QED) is 0.248. The van der Waals surface area contributed by atoms with Crippen LogP contribution in [-0.2, 0) is 12.8 Å². The standard InChI is InChI=1S/C34H32Si/c1-35(2,33-23-27-17-9-11-19-29(27)31(33)21-25-13-5-3-6-14-25)34-24-28-18-10-12-20-30(28)32(34)22-26-15-7-4-8-16-26/h3-20,23-24,31-32H,21-22H2,1-2H3. The van der Waals surface area contributed by atoms with Gasteiger partial charge >= 0.3 is 0 Å². The first-order valence-electron chi connectivity index (χ1n) is 12.8. The molecule has 0 saturated heterocycles. The van der Waals surface area contributed by atoms with Gasteiger partial charge in [0.2, 0.25) is 0 Å². The summed E-state index contributed by atoms with van der Waals surface area (Å²) in [6, 6.07) is 40.2. The Bertz CT molecular complexity index is 1300. The molecule has 0 nitrogen and oxygen atoms in total. The van der Waals surface area contributed by atoms with Crippen LogP contribution in [0.25, 0.3) is 12.2 Å². The highest BCUT2D eigenvalue weighted by molar-refractivity contribution is 6.92. The molecule has 2 aliphatic rings. The van der Waals surface area contributed by atoms with Gasteiger partial charge in [0.1, 0.15) is 8.07 Å². The van der Waals surface area contributed by atoms with Crippen LogP contribution in [0.2, 0.25) is 13.1 Å². The highest BCUT2D eigenvalue weighted by Gasteiger charge is 2.43. The molecule has 0 saturated carbocycles. The van der Waals surface area contributed by atoms with Crippen LogP contribution in [0, 0.1) is 0 Å². The maximum absolute atomic E-state index is 2.60. The molecule has 0 aromatic heterocycles. The van der Waals surface area contributed by atoms with E-state index in [4.69, 9.17) is 0 Å². The molecule has 0 N–H and O–H groups in total. The number of rotatable bonds is 6. The second-order valence-corrected chi connectivity index (χ2v) is 15.0. The maximum Gasteiger partial charge on any atom is 0.104 e. The summed E-state index contributed by atoms with van der Waals surface area (Å²) < 4.78 is 0. The Balaban J connectivity index is 1.42. The highest BCUT2D eigenvalue weighted by Crippen LogP contribution is 2.50. The topological polar surface area (TPSA) is 0 Å². The SMILES string of the molecule is C[Si](C)(C1=Cc2ccccc2C1Cc1ccccc1)C1=Cc2ccccc2C1Cc1ccccc1. The van der Waals surface area contributed by atoms with Crippen molar-refractivity contribution in [2.45, 2.75) is 37.8 Å². The number of hydrogen-bond acceptors (Lipinski definition) is 0. The Kier molecular flexibility index (Phi) is 5.66. The van der Waals surface area contributed by atoms with E-state index in [-0.39, 0.29) is 0 Å². The zero-order valence-corrected chi connectivity index (χ0v) is 21.6. The van der Waals surface area contributed by atoms with Crippen molar-refractivity contribution in [2.24, 2.45) is 0 Å². The molecule has 6 rings (SSSR count). The lowest BCUT2D eigenvalue weighted by Crippen LogP contribution is -2.36. The number of fused-ring (bicyclic) bond motifs is 2. The summed E-state index contributed by atoms with van der Waals surface area (Å²) in [5.41, 5.74) is 8.69. The van der Waals surface area contributed by atoms with Gasteiger partial charge in [-0.2, -0.15) is 0 Å². The summed E-state index contributed by atoms with van der Waals surface area (Å²) in [5.74, 6) is 0.912. The van der Waals surface area contributed by atoms with Crippen molar-refractivity contribution in [3.63, 3.8) is 0 Å². The third-order valence-corrected chi connectivity index (χ3v) is 12.0. The van der Waals surface area contributed by atoms with Crippen LogP contribution in [-0.4, -0.2) is 8.07 Å². The van der Waals surface area contributed by atoms with E-state index in [1.54, 1.807) is 10.4 Å². The van der Waals surface area contributed by atoms with E-state index >= 15 is 0 Å². The van der Waals surface area contributed by atoms with Crippen molar-refractivity contribution in [1.82, 2.24) is 0 Å². The Hall–Kier alpha value is -3.42. The van der Waals surface area contributed by atoms with E-state index in [1.165, 1.54) is 33.4 Å². The van der Waals surface area contributed by atoms with Gasteiger partial charge in [-0.25, -0.2) is 0 Å². The number of benzene rings is 4. The molecule has 0 spiro atoms. The van der Waals surface area contributed by atoms with E-state index in [9.17, 15) is 0 Å². The Morgan fingerprint density at radius 3 is 1.29 bits per heavy atom. The van der Waals surface area contributed by atoms with E-state index in [1.807, 2.05) is 0 Å². The summed E-state index contributed by atoms with van der Waals surface area (Å²) in [5, 5.41) is 3.36. The minimum atomic E-state index is -1.94. The maximum atomic E-state index is 2.60. The molecule has 35 heavy (non-hydrogen) atoms. The molecule has 0 aliphatic heterocycles. The third-order valence-electron chi connectivity index (χ3n) is 8.12. The predicted molar refractivity (Wildman–Crippen MR) is 152 cm³/mol. The molecule has 0 heterocycles. The fourth-order valence-corrected chi connectivity index (χ4v) is 9.95. The van der Waals surface area contributed by atoms with Crippen LogP contribution in [0.15, 0.2) is 120 Å². The van der Waals surface area contributed by atoms with Gasteiger partial charge in [-0.3, -0.25) is 0 Å². The number of allylic oxidation sites excluding steroid dienone is 2. The molecular formula is C34H32Si. The van der Waals surface area contributed by atoms with Crippen molar-refractivity contribution in [1.29, 1.82) is 0 Å². The number of hydrogen-bond donors (Lipinski definition) is 0. The first kappa shape index (κ1) is 22.1. The van der Waals surface area contributed by atoms with Crippen LogP contribution in [0.4, 0.5) is 0 Å². The lowest BCUT2D eigenvalue weighted by molar-refractivity contribution is 0.811. The molecule has 4 aromatic carbocycles. The van der Waals surface area contributed by atoms with Gasteiger partial charge in [-0.1, -0.05) is 145 Å². The van der Waals surface area contributed by atoms with Crippen LogP contribution < -0.4 is 0 Å². The van der Waals surface area contributed by atoms with Gasteiger partial charge in [-0.15, -0.1) is 0 Å². The Morgan fingerprint density at radius 1 is 0.486 bits per heavy atom. The van der Waals surface area contributed by atoms with Gasteiger partial charge in [0, 0.05) is 11.8 Å². The van der Waals surface area contributed by atoms with Crippen molar-refractivity contribution in [3.8, 4) is 0 Å². The lowest BCUT2D eigenvalue weighted by atomic mass is 9.93. The summed E-state index contributed by atoms with van der Waals surface area (Å²) in [7, 11) is -1.94. The van der Waals surface area contributed by atoms with E-state index in [2.05, 4.69) is 134 Å². The molecule has 0 radical (unpaired) electrons. The summed E-state index contributed by atoms with van der Waals surface area (Å²) in [4.78, 5) is 0. The zero-order valence-electron chi connectivity index (χ0n) is 20.6. The van der Waals surface area contributed by atoms with Crippen LogP contribution in [0.1, 0.15) is 45.2 Å². The molecule has 172 valence electrons. The van der Waals surface area contributed by atoms with Crippen molar-refractivity contribution in [2.75, 3.05) is 0 Å². The minimum Gasteiger partial charge on any atom is -0.0681 e.